The van der Waals surface area contributed by atoms with Gasteiger partial charge >= 0.3 is 0 Å². The topological polar surface area (TPSA) is 43.1 Å². The Morgan fingerprint density at radius 2 is 2.11 bits per heavy atom. The summed E-state index contributed by atoms with van der Waals surface area (Å²) in [6, 6.07) is 5.40. The van der Waals surface area contributed by atoms with Gasteiger partial charge in [0.1, 0.15) is 5.78 Å². The predicted molar refractivity (Wildman–Crippen MR) is 75.1 cm³/mol. The van der Waals surface area contributed by atoms with Gasteiger partial charge in [-0.05, 0) is 43.0 Å². The van der Waals surface area contributed by atoms with Gasteiger partial charge in [0.25, 0.3) is 0 Å². The Balaban J connectivity index is 2.04. The fourth-order valence-corrected chi connectivity index (χ4v) is 2.91. The van der Waals surface area contributed by atoms with Crippen LogP contribution in [0.2, 0.25) is 10.0 Å². The van der Waals surface area contributed by atoms with E-state index < -0.39 is 0 Å². The van der Waals surface area contributed by atoms with Crippen LogP contribution in [0.4, 0.5) is 0 Å². The van der Waals surface area contributed by atoms with Crippen molar-refractivity contribution >= 4 is 29.0 Å². The molecule has 1 aliphatic rings. The molecule has 2 atom stereocenters. The summed E-state index contributed by atoms with van der Waals surface area (Å²) in [5.74, 6) is 0.318. The zero-order valence-corrected chi connectivity index (χ0v) is 11.7. The molecule has 0 amide bonds. The van der Waals surface area contributed by atoms with Crippen LogP contribution in [0.1, 0.15) is 31.2 Å². The summed E-state index contributed by atoms with van der Waals surface area (Å²) in [5, 5.41) is 1.22. The van der Waals surface area contributed by atoms with Gasteiger partial charge in [0.15, 0.2) is 0 Å². The number of nitrogens with two attached hydrogens (primary N) is 1. The Kier molecular flexibility index (Phi) is 4.66. The van der Waals surface area contributed by atoms with E-state index in [-0.39, 0.29) is 17.7 Å². The van der Waals surface area contributed by atoms with Gasteiger partial charge in [0.2, 0.25) is 0 Å². The first kappa shape index (κ1) is 13.9. The highest BCUT2D eigenvalue weighted by Gasteiger charge is 2.25. The third kappa shape index (κ3) is 3.47. The molecule has 0 aromatic heterocycles. The molecule has 18 heavy (non-hydrogen) atoms. The van der Waals surface area contributed by atoms with Gasteiger partial charge in [-0.25, -0.2) is 0 Å². The number of carbonyl (C=O) groups excluding carboxylic acids is 1. The molecule has 1 aromatic rings. The van der Waals surface area contributed by atoms with Gasteiger partial charge in [0.05, 0.1) is 0 Å². The van der Waals surface area contributed by atoms with E-state index in [0.717, 1.165) is 31.2 Å². The van der Waals surface area contributed by atoms with Crippen molar-refractivity contribution in [3.63, 3.8) is 0 Å². The minimum absolute atomic E-state index is 0.0869. The minimum atomic E-state index is 0.0869. The first-order valence-corrected chi connectivity index (χ1v) is 7.04. The van der Waals surface area contributed by atoms with Gasteiger partial charge in [-0.3, -0.25) is 4.79 Å². The first-order chi connectivity index (χ1) is 8.56. The van der Waals surface area contributed by atoms with Gasteiger partial charge < -0.3 is 5.73 Å². The maximum Gasteiger partial charge on any atom is 0.140 e. The van der Waals surface area contributed by atoms with Gasteiger partial charge in [-0.2, -0.15) is 0 Å². The van der Waals surface area contributed by atoms with Gasteiger partial charge in [-0.15, -0.1) is 0 Å². The summed E-state index contributed by atoms with van der Waals surface area (Å²) in [6.45, 7) is 0. The largest absolute Gasteiger partial charge is 0.328 e. The van der Waals surface area contributed by atoms with Crippen LogP contribution in [0.15, 0.2) is 18.2 Å². The third-order valence-electron chi connectivity index (χ3n) is 3.54. The molecule has 0 saturated heterocycles. The molecule has 2 unspecified atom stereocenters. The second-order valence-electron chi connectivity index (χ2n) is 5.00. The molecule has 98 valence electrons. The number of carbonyl (C=O) groups is 1. The Morgan fingerprint density at radius 3 is 2.83 bits per heavy atom. The molecule has 0 bridgehead atoms. The normalized spacial score (nSPS) is 23.9. The van der Waals surface area contributed by atoms with Crippen molar-refractivity contribution in [3.05, 3.63) is 33.8 Å². The highest BCUT2D eigenvalue weighted by atomic mass is 35.5. The van der Waals surface area contributed by atoms with E-state index in [1.165, 1.54) is 0 Å². The van der Waals surface area contributed by atoms with Crippen molar-refractivity contribution in [2.75, 3.05) is 0 Å². The number of Topliss-reactive ketones (excluding diaryl/α,β-unsaturated/α-hetero) is 1. The molecule has 1 saturated carbocycles. The van der Waals surface area contributed by atoms with E-state index in [2.05, 4.69) is 0 Å². The molecule has 2 nitrogen and oxygen atoms in total. The van der Waals surface area contributed by atoms with Crippen LogP contribution in [-0.2, 0) is 11.2 Å². The molecule has 0 spiro atoms. The number of rotatable bonds is 3. The van der Waals surface area contributed by atoms with Crippen LogP contribution in [0.5, 0.6) is 0 Å². The molecule has 1 fully saturated rings. The van der Waals surface area contributed by atoms with E-state index in [0.29, 0.717) is 16.5 Å². The summed E-state index contributed by atoms with van der Waals surface area (Å²) in [6.07, 6.45) is 4.18. The van der Waals surface area contributed by atoms with Crippen LogP contribution in [-0.4, -0.2) is 11.8 Å². The molecule has 2 rings (SSSR count). The monoisotopic (exact) mass is 285 g/mol. The summed E-state index contributed by atoms with van der Waals surface area (Å²) in [5.41, 5.74) is 6.72. The zero-order valence-electron chi connectivity index (χ0n) is 10.2. The van der Waals surface area contributed by atoms with Crippen LogP contribution in [0, 0.1) is 5.92 Å². The standard InChI is InChI=1S/C14H17Cl2NO/c15-11-4-5-13(16)10(6-11)8-14(18)9-2-1-3-12(17)7-9/h4-6,9,12H,1-3,7-8,17H2. The summed E-state index contributed by atoms with van der Waals surface area (Å²) in [7, 11) is 0. The lowest BCUT2D eigenvalue weighted by atomic mass is 9.82. The Labute approximate surface area is 117 Å². The average molecular weight is 286 g/mol. The van der Waals surface area contributed by atoms with E-state index in [9.17, 15) is 4.79 Å². The minimum Gasteiger partial charge on any atom is -0.328 e. The Bertz CT molecular complexity index is 447. The molecule has 2 N–H and O–H groups in total. The number of benzene rings is 1. The third-order valence-corrected chi connectivity index (χ3v) is 4.15. The molecule has 0 aliphatic heterocycles. The van der Waals surface area contributed by atoms with Gasteiger partial charge in [-0.1, -0.05) is 29.6 Å². The van der Waals surface area contributed by atoms with Crippen molar-refractivity contribution in [1.82, 2.24) is 0 Å². The summed E-state index contributed by atoms with van der Waals surface area (Å²) in [4.78, 5) is 12.2. The Morgan fingerprint density at radius 1 is 1.33 bits per heavy atom. The molecule has 0 radical (unpaired) electrons. The molecule has 1 aliphatic carbocycles. The fourth-order valence-electron chi connectivity index (χ4n) is 2.53. The quantitative estimate of drug-likeness (QED) is 0.922. The highest BCUT2D eigenvalue weighted by molar-refractivity contribution is 6.33. The lowest BCUT2D eigenvalue weighted by molar-refractivity contribution is -0.123. The fraction of sp³-hybridized carbons (Fsp3) is 0.500. The van der Waals surface area contributed by atoms with Crippen molar-refractivity contribution in [2.24, 2.45) is 11.7 Å². The zero-order chi connectivity index (χ0) is 13.1. The maximum absolute atomic E-state index is 12.2. The van der Waals surface area contributed by atoms with Crippen molar-refractivity contribution in [1.29, 1.82) is 0 Å². The number of hydrogen-bond acceptors (Lipinski definition) is 2. The maximum atomic E-state index is 12.2. The molecule has 1 aromatic carbocycles. The summed E-state index contributed by atoms with van der Waals surface area (Å²) < 4.78 is 0. The second-order valence-corrected chi connectivity index (χ2v) is 5.85. The van der Waals surface area contributed by atoms with Crippen LogP contribution < -0.4 is 5.73 Å². The lowest BCUT2D eigenvalue weighted by Crippen LogP contribution is -2.32. The SMILES string of the molecule is NC1CCCC(C(=O)Cc2cc(Cl)ccc2Cl)C1. The first-order valence-electron chi connectivity index (χ1n) is 6.28. The smallest absolute Gasteiger partial charge is 0.140 e. The predicted octanol–water partition coefficient (Wildman–Crippen LogP) is 3.62. The molecule has 0 heterocycles. The van der Waals surface area contributed by atoms with Crippen molar-refractivity contribution in [3.8, 4) is 0 Å². The number of ketones is 1. The van der Waals surface area contributed by atoms with Crippen molar-refractivity contribution < 1.29 is 4.79 Å². The number of hydrogen-bond donors (Lipinski definition) is 1. The molecule has 4 heteroatoms. The van der Waals surface area contributed by atoms with Crippen LogP contribution in [0.25, 0.3) is 0 Å². The molecular weight excluding hydrogens is 269 g/mol. The van der Waals surface area contributed by atoms with E-state index in [1.807, 2.05) is 0 Å². The average Bonchev–Trinajstić information content (AvgIpc) is 2.34. The van der Waals surface area contributed by atoms with Gasteiger partial charge in [0, 0.05) is 28.4 Å². The van der Waals surface area contributed by atoms with Crippen LogP contribution >= 0.6 is 23.2 Å². The van der Waals surface area contributed by atoms with E-state index in [4.69, 9.17) is 28.9 Å². The Hall–Kier alpha value is -0.570. The summed E-state index contributed by atoms with van der Waals surface area (Å²) >= 11 is 12.0. The van der Waals surface area contributed by atoms with E-state index >= 15 is 0 Å². The van der Waals surface area contributed by atoms with E-state index in [1.54, 1.807) is 18.2 Å². The highest BCUT2D eigenvalue weighted by Crippen LogP contribution is 2.27. The molecular formula is C14H17Cl2NO. The lowest BCUT2D eigenvalue weighted by Gasteiger charge is -2.25. The number of halogens is 2. The van der Waals surface area contributed by atoms with Crippen LogP contribution in [0.3, 0.4) is 0 Å². The second kappa shape index (κ2) is 6.05. The van der Waals surface area contributed by atoms with Crippen molar-refractivity contribution in [2.45, 2.75) is 38.1 Å².